The SMILES string of the molecule is O=Cc1cccc(C2=CC3=C4C(=O)C=CC=NC24NCN3)c1. The molecule has 0 saturated heterocycles. The Balaban J connectivity index is 1.91. The lowest BCUT2D eigenvalue weighted by molar-refractivity contribution is -0.111. The van der Waals surface area contributed by atoms with Crippen LogP contribution in [0.2, 0.25) is 0 Å². The molecule has 3 aliphatic rings. The highest BCUT2D eigenvalue weighted by molar-refractivity contribution is 6.14. The second-order valence-electron chi connectivity index (χ2n) is 5.33. The Morgan fingerprint density at radius 2 is 2.23 bits per heavy atom. The molecule has 0 fully saturated rings. The first-order valence-electron chi connectivity index (χ1n) is 7.02. The number of benzene rings is 1. The maximum Gasteiger partial charge on any atom is 0.188 e. The lowest BCUT2D eigenvalue weighted by atomic mass is 9.88. The molecule has 0 radical (unpaired) electrons. The van der Waals surface area contributed by atoms with E-state index in [0.29, 0.717) is 17.8 Å². The second-order valence-corrected chi connectivity index (χ2v) is 5.33. The summed E-state index contributed by atoms with van der Waals surface area (Å²) in [6.45, 7) is 0.525. The van der Waals surface area contributed by atoms with Crippen LogP contribution in [0, 0.1) is 0 Å². The molecule has 5 nitrogen and oxygen atoms in total. The largest absolute Gasteiger partial charge is 0.372 e. The fourth-order valence-corrected chi connectivity index (χ4v) is 3.17. The topological polar surface area (TPSA) is 70.6 Å². The predicted molar refractivity (Wildman–Crippen MR) is 83.3 cm³/mol. The molecular formula is C17H13N3O2. The van der Waals surface area contributed by atoms with Gasteiger partial charge in [-0.2, -0.15) is 0 Å². The van der Waals surface area contributed by atoms with E-state index in [4.69, 9.17) is 0 Å². The first kappa shape index (κ1) is 12.9. The number of rotatable bonds is 2. The molecule has 2 bridgehead atoms. The van der Waals surface area contributed by atoms with Crippen molar-refractivity contribution in [1.82, 2.24) is 10.6 Å². The normalized spacial score (nSPS) is 25.5. The van der Waals surface area contributed by atoms with Crippen LogP contribution in [0.1, 0.15) is 15.9 Å². The van der Waals surface area contributed by atoms with Crippen LogP contribution in [0.25, 0.3) is 5.57 Å². The molecule has 22 heavy (non-hydrogen) atoms. The number of allylic oxidation sites excluding steroid dienone is 3. The molecule has 2 aliphatic heterocycles. The van der Waals surface area contributed by atoms with Gasteiger partial charge in [0.05, 0.1) is 12.2 Å². The lowest BCUT2D eigenvalue weighted by Crippen LogP contribution is -2.53. The summed E-state index contributed by atoms with van der Waals surface area (Å²) in [6, 6.07) is 7.32. The van der Waals surface area contributed by atoms with E-state index in [1.165, 1.54) is 6.08 Å². The molecule has 5 heteroatoms. The van der Waals surface area contributed by atoms with E-state index >= 15 is 0 Å². The van der Waals surface area contributed by atoms with Gasteiger partial charge in [0.1, 0.15) is 6.29 Å². The number of hydrogen-bond acceptors (Lipinski definition) is 5. The maximum absolute atomic E-state index is 12.4. The molecule has 1 atom stereocenters. The molecule has 108 valence electrons. The number of aliphatic imine (C=N–C) groups is 1. The minimum atomic E-state index is -0.872. The molecule has 1 aliphatic carbocycles. The van der Waals surface area contributed by atoms with E-state index in [1.54, 1.807) is 18.4 Å². The van der Waals surface area contributed by atoms with Gasteiger partial charge in [-0.1, -0.05) is 18.2 Å². The molecule has 1 aromatic rings. The number of nitrogens with zero attached hydrogens (tertiary/aromatic N) is 1. The Morgan fingerprint density at radius 3 is 3.09 bits per heavy atom. The average molecular weight is 291 g/mol. The van der Waals surface area contributed by atoms with Crippen LogP contribution in [-0.4, -0.2) is 30.6 Å². The zero-order valence-electron chi connectivity index (χ0n) is 11.7. The third-order valence-electron chi connectivity index (χ3n) is 4.11. The highest BCUT2D eigenvalue weighted by Crippen LogP contribution is 2.44. The van der Waals surface area contributed by atoms with E-state index in [1.807, 2.05) is 24.3 Å². The van der Waals surface area contributed by atoms with Crippen LogP contribution >= 0.6 is 0 Å². The van der Waals surface area contributed by atoms with E-state index in [-0.39, 0.29) is 5.78 Å². The third-order valence-corrected chi connectivity index (χ3v) is 4.11. The summed E-state index contributed by atoms with van der Waals surface area (Å²) < 4.78 is 0. The Labute approximate surface area is 127 Å². The predicted octanol–water partition coefficient (Wildman–Crippen LogP) is 1.21. The summed E-state index contributed by atoms with van der Waals surface area (Å²) >= 11 is 0. The Bertz CT molecular complexity index is 817. The van der Waals surface area contributed by atoms with Crippen molar-refractivity contribution in [2.45, 2.75) is 5.66 Å². The number of ketones is 1. The summed E-state index contributed by atoms with van der Waals surface area (Å²) in [7, 11) is 0. The van der Waals surface area contributed by atoms with Gasteiger partial charge in [-0.3, -0.25) is 19.9 Å². The van der Waals surface area contributed by atoms with Crippen LogP contribution in [0.4, 0.5) is 0 Å². The molecule has 0 aromatic heterocycles. The first-order valence-corrected chi connectivity index (χ1v) is 7.02. The van der Waals surface area contributed by atoms with Gasteiger partial charge in [0.15, 0.2) is 11.4 Å². The number of aldehydes is 1. The van der Waals surface area contributed by atoms with Crippen molar-refractivity contribution in [3.8, 4) is 0 Å². The summed E-state index contributed by atoms with van der Waals surface area (Å²) in [5.41, 5.74) is 2.87. The van der Waals surface area contributed by atoms with E-state index in [0.717, 1.165) is 23.1 Å². The van der Waals surface area contributed by atoms with Crippen molar-refractivity contribution in [1.29, 1.82) is 0 Å². The van der Waals surface area contributed by atoms with Gasteiger partial charge < -0.3 is 5.32 Å². The molecule has 1 aromatic carbocycles. The molecular weight excluding hydrogens is 278 g/mol. The van der Waals surface area contributed by atoms with Gasteiger partial charge in [-0.15, -0.1) is 0 Å². The van der Waals surface area contributed by atoms with Crippen LogP contribution in [0.3, 0.4) is 0 Å². The van der Waals surface area contributed by atoms with E-state index in [9.17, 15) is 9.59 Å². The standard InChI is InChI=1S/C17H13N3O2/c21-9-11-3-1-4-12(7-11)13-8-14-16-15(22)5-2-6-19-17(13,16)20-10-18-14/h1-9,18,20H,10H2. The summed E-state index contributed by atoms with van der Waals surface area (Å²) in [4.78, 5) is 28.1. The van der Waals surface area contributed by atoms with Crippen molar-refractivity contribution in [2.24, 2.45) is 4.99 Å². The Hall–Kier alpha value is -2.79. The first-order chi connectivity index (χ1) is 10.7. The minimum absolute atomic E-state index is 0.0648. The summed E-state index contributed by atoms with van der Waals surface area (Å²) in [6.07, 6.45) is 7.57. The van der Waals surface area contributed by atoms with Crippen molar-refractivity contribution in [2.75, 3.05) is 6.67 Å². The average Bonchev–Trinajstić information content (AvgIpc) is 2.67. The lowest BCUT2D eigenvalue weighted by Gasteiger charge is -2.34. The number of carbonyl (C=O) groups excluding carboxylic acids is 2. The highest BCUT2D eigenvalue weighted by atomic mass is 16.1. The van der Waals surface area contributed by atoms with E-state index in [2.05, 4.69) is 15.6 Å². The van der Waals surface area contributed by atoms with E-state index < -0.39 is 5.66 Å². The number of hydrogen-bond donors (Lipinski definition) is 2. The van der Waals surface area contributed by atoms with Crippen molar-refractivity contribution in [3.05, 3.63) is 64.9 Å². The van der Waals surface area contributed by atoms with Crippen molar-refractivity contribution < 1.29 is 9.59 Å². The fourth-order valence-electron chi connectivity index (χ4n) is 3.17. The Kier molecular flexibility index (Phi) is 2.71. The fraction of sp³-hybridized carbons (Fsp3) is 0.118. The van der Waals surface area contributed by atoms with Crippen molar-refractivity contribution in [3.63, 3.8) is 0 Å². The monoisotopic (exact) mass is 291 g/mol. The molecule has 0 spiro atoms. The number of carbonyl (C=O) groups is 2. The molecule has 2 N–H and O–H groups in total. The van der Waals surface area contributed by atoms with Gasteiger partial charge in [-0.25, -0.2) is 0 Å². The zero-order valence-corrected chi connectivity index (χ0v) is 11.7. The minimum Gasteiger partial charge on any atom is -0.372 e. The molecule has 0 saturated carbocycles. The van der Waals surface area contributed by atoms with Gasteiger partial charge in [-0.05, 0) is 29.9 Å². The summed E-state index contributed by atoms with van der Waals surface area (Å²) in [5, 5.41) is 6.48. The van der Waals surface area contributed by atoms with Crippen molar-refractivity contribution >= 4 is 23.9 Å². The molecule has 0 amide bonds. The van der Waals surface area contributed by atoms with Gasteiger partial charge >= 0.3 is 0 Å². The van der Waals surface area contributed by atoms with Crippen LogP contribution in [0.5, 0.6) is 0 Å². The zero-order chi connectivity index (χ0) is 15.2. The van der Waals surface area contributed by atoms with Crippen LogP contribution < -0.4 is 10.6 Å². The van der Waals surface area contributed by atoms with Gasteiger partial charge in [0, 0.05) is 23.0 Å². The summed E-state index contributed by atoms with van der Waals surface area (Å²) in [5.74, 6) is -0.0648. The quantitative estimate of drug-likeness (QED) is 0.803. The highest BCUT2D eigenvalue weighted by Gasteiger charge is 2.48. The van der Waals surface area contributed by atoms with Crippen LogP contribution in [0.15, 0.2) is 58.8 Å². The molecule has 2 heterocycles. The third kappa shape index (κ3) is 1.66. The second kappa shape index (κ2) is 4.61. The van der Waals surface area contributed by atoms with Gasteiger partial charge in [0.25, 0.3) is 0 Å². The molecule has 4 rings (SSSR count). The Morgan fingerprint density at radius 1 is 1.32 bits per heavy atom. The maximum atomic E-state index is 12.4. The molecule has 1 unspecified atom stereocenters. The van der Waals surface area contributed by atoms with Crippen LogP contribution in [-0.2, 0) is 4.79 Å². The number of nitrogens with one attached hydrogen (secondary N) is 2. The smallest absolute Gasteiger partial charge is 0.188 e. The van der Waals surface area contributed by atoms with Gasteiger partial charge in [0.2, 0.25) is 0 Å².